The molecule has 3 amide bonds. The highest BCUT2D eigenvalue weighted by Gasteiger charge is 2.16. The molecule has 1 aromatic carbocycles. The van der Waals surface area contributed by atoms with Crippen molar-refractivity contribution in [1.82, 2.24) is 10.6 Å². The average molecular weight is 395 g/mol. The van der Waals surface area contributed by atoms with Crippen molar-refractivity contribution in [2.45, 2.75) is 32.9 Å². The van der Waals surface area contributed by atoms with Crippen LogP contribution in [0.4, 0.5) is 10.5 Å². The topological polar surface area (TPSA) is 115 Å². The number of amides is 3. The first kappa shape index (κ1) is 23.4. The predicted octanol–water partition coefficient (Wildman–Crippen LogP) is 1.43. The minimum Gasteiger partial charge on any atom is -0.444 e. The maximum atomic E-state index is 12.0. The Morgan fingerprint density at radius 3 is 2.46 bits per heavy atom. The van der Waals surface area contributed by atoms with Crippen LogP contribution in [-0.4, -0.2) is 57.0 Å². The molecule has 0 radical (unpaired) electrons. The van der Waals surface area contributed by atoms with Crippen molar-refractivity contribution in [3.05, 3.63) is 29.8 Å². The molecule has 1 aromatic rings. The summed E-state index contributed by atoms with van der Waals surface area (Å²) in [4.78, 5) is 35.2. The Morgan fingerprint density at radius 2 is 1.79 bits per heavy atom. The molecule has 0 saturated carbocycles. The van der Waals surface area contributed by atoms with Crippen LogP contribution in [0.15, 0.2) is 24.3 Å². The lowest BCUT2D eigenvalue weighted by Gasteiger charge is -2.19. The van der Waals surface area contributed by atoms with Crippen molar-refractivity contribution in [2.75, 3.05) is 38.8 Å². The number of hydrogen-bond donors (Lipinski definition) is 3. The first-order chi connectivity index (χ1) is 13.2. The molecule has 0 saturated heterocycles. The highest BCUT2D eigenvalue weighted by molar-refractivity contribution is 5.93. The second kappa shape index (κ2) is 11.9. The van der Waals surface area contributed by atoms with E-state index in [9.17, 15) is 14.4 Å². The van der Waals surface area contributed by atoms with Crippen LogP contribution in [0.25, 0.3) is 0 Å². The number of ether oxygens (including phenoxy) is 3. The molecule has 28 heavy (non-hydrogen) atoms. The summed E-state index contributed by atoms with van der Waals surface area (Å²) in [7, 11) is 1.56. The van der Waals surface area contributed by atoms with Gasteiger partial charge in [0.2, 0.25) is 11.8 Å². The number of rotatable bonds is 10. The quantitative estimate of drug-likeness (QED) is 0.516. The Morgan fingerprint density at radius 1 is 1.04 bits per heavy atom. The van der Waals surface area contributed by atoms with Crippen molar-refractivity contribution in [3.63, 3.8) is 0 Å². The third-order valence-corrected chi connectivity index (χ3v) is 3.16. The summed E-state index contributed by atoms with van der Waals surface area (Å²) in [5, 5.41) is 7.79. The lowest BCUT2D eigenvalue weighted by Crippen LogP contribution is -2.37. The van der Waals surface area contributed by atoms with Crippen LogP contribution in [0.1, 0.15) is 26.3 Å². The summed E-state index contributed by atoms with van der Waals surface area (Å²) < 4.78 is 15.0. The first-order valence-electron chi connectivity index (χ1n) is 8.88. The Balaban J connectivity index is 2.38. The van der Waals surface area contributed by atoms with Gasteiger partial charge in [-0.1, -0.05) is 12.1 Å². The van der Waals surface area contributed by atoms with E-state index < -0.39 is 17.6 Å². The van der Waals surface area contributed by atoms with Crippen LogP contribution in [-0.2, 0) is 30.3 Å². The smallest absolute Gasteiger partial charge is 0.408 e. The van der Waals surface area contributed by atoms with Gasteiger partial charge in [-0.25, -0.2) is 4.79 Å². The molecule has 9 heteroatoms. The summed E-state index contributed by atoms with van der Waals surface area (Å²) in [5.41, 5.74) is 0.732. The van der Waals surface area contributed by atoms with Gasteiger partial charge in [0.25, 0.3) is 0 Å². The predicted molar refractivity (Wildman–Crippen MR) is 104 cm³/mol. The molecule has 0 bridgehead atoms. The highest BCUT2D eigenvalue weighted by atomic mass is 16.6. The highest BCUT2D eigenvalue weighted by Crippen LogP contribution is 2.10. The van der Waals surface area contributed by atoms with Gasteiger partial charge in [-0.3, -0.25) is 9.59 Å². The number of carbonyl (C=O) groups is 3. The Bertz CT molecular complexity index is 657. The van der Waals surface area contributed by atoms with Crippen molar-refractivity contribution < 1.29 is 28.6 Å². The van der Waals surface area contributed by atoms with E-state index in [4.69, 9.17) is 14.2 Å². The van der Waals surface area contributed by atoms with Gasteiger partial charge in [0, 0.05) is 19.3 Å². The standard InChI is InChI=1S/C19H29N3O6/c1-19(2,3)28-18(25)21-12-16(23)22-15-7-5-6-14(10-15)11-20-17(24)13-27-9-8-26-4/h5-7,10H,8-9,11-13H2,1-4H3,(H,20,24)(H,21,25)(H,22,23). The van der Waals surface area contributed by atoms with Gasteiger partial charge in [-0.2, -0.15) is 0 Å². The second-order valence-corrected chi connectivity index (χ2v) is 6.93. The molecule has 0 aliphatic rings. The van der Waals surface area contributed by atoms with E-state index in [1.807, 2.05) is 6.07 Å². The first-order valence-corrected chi connectivity index (χ1v) is 8.88. The molecule has 1 rings (SSSR count). The number of nitrogens with one attached hydrogen (secondary N) is 3. The summed E-state index contributed by atoms with van der Waals surface area (Å²) in [5.74, 6) is -0.634. The maximum Gasteiger partial charge on any atom is 0.408 e. The fourth-order valence-corrected chi connectivity index (χ4v) is 1.99. The largest absolute Gasteiger partial charge is 0.444 e. The normalized spacial score (nSPS) is 10.9. The van der Waals surface area contributed by atoms with Gasteiger partial charge < -0.3 is 30.2 Å². The minimum absolute atomic E-state index is 0.0455. The third kappa shape index (κ3) is 11.1. The summed E-state index contributed by atoms with van der Waals surface area (Å²) in [6.07, 6.45) is -0.660. The zero-order valence-electron chi connectivity index (χ0n) is 16.8. The summed E-state index contributed by atoms with van der Waals surface area (Å²) in [6, 6.07) is 7.02. The number of carbonyl (C=O) groups excluding carboxylic acids is 3. The minimum atomic E-state index is -0.660. The van der Waals surface area contributed by atoms with Crippen LogP contribution in [0, 0.1) is 0 Å². The molecule has 0 heterocycles. The molecule has 0 aliphatic carbocycles. The maximum absolute atomic E-state index is 12.0. The Hall–Kier alpha value is -2.65. The van der Waals surface area contributed by atoms with E-state index in [1.165, 1.54) is 0 Å². The summed E-state index contributed by atoms with van der Waals surface area (Å²) >= 11 is 0. The molecule has 3 N–H and O–H groups in total. The van der Waals surface area contributed by atoms with Gasteiger partial charge in [0.05, 0.1) is 13.2 Å². The third-order valence-electron chi connectivity index (χ3n) is 3.16. The lowest BCUT2D eigenvalue weighted by atomic mass is 10.2. The molecule has 0 aliphatic heterocycles. The van der Waals surface area contributed by atoms with Crippen LogP contribution in [0.3, 0.4) is 0 Å². The van der Waals surface area contributed by atoms with E-state index in [-0.39, 0.29) is 19.1 Å². The molecule has 156 valence electrons. The number of hydrogen-bond acceptors (Lipinski definition) is 6. The van der Waals surface area contributed by atoms with Crippen LogP contribution >= 0.6 is 0 Å². The number of anilines is 1. The van der Waals surface area contributed by atoms with Gasteiger partial charge in [0.15, 0.2) is 0 Å². The molecular weight excluding hydrogens is 366 g/mol. The van der Waals surface area contributed by atoms with E-state index in [1.54, 1.807) is 46.1 Å². The number of alkyl carbamates (subject to hydrolysis) is 1. The second-order valence-electron chi connectivity index (χ2n) is 6.93. The molecule has 0 spiro atoms. The van der Waals surface area contributed by atoms with Crippen molar-refractivity contribution in [2.24, 2.45) is 0 Å². The molecule has 0 fully saturated rings. The van der Waals surface area contributed by atoms with Crippen LogP contribution in [0.5, 0.6) is 0 Å². The molecule has 9 nitrogen and oxygen atoms in total. The average Bonchev–Trinajstić information content (AvgIpc) is 2.61. The molecular formula is C19H29N3O6. The van der Waals surface area contributed by atoms with Gasteiger partial charge in [0.1, 0.15) is 18.8 Å². The molecule has 0 unspecified atom stereocenters. The fourth-order valence-electron chi connectivity index (χ4n) is 1.99. The Kier molecular flexibility index (Phi) is 9.97. The fraction of sp³-hybridized carbons (Fsp3) is 0.526. The van der Waals surface area contributed by atoms with E-state index in [2.05, 4.69) is 16.0 Å². The Labute approximate surface area is 165 Å². The monoisotopic (exact) mass is 395 g/mol. The van der Waals surface area contributed by atoms with Gasteiger partial charge in [-0.05, 0) is 38.5 Å². The lowest BCUT2D eigenvalue weighted by molar-refractivity contribution is -0.126. The zero-order valence-corrected chi connectivity index (χ0v) is 16.8. The van der Waals surface area contributed by atoms with E-state index in [0.29, 0.717) is 25.4 Å². The zero-order chi connectivity index (χ0) is 21.0. The van der Waals surface area contributed by atoms with Crippen LogP contribution < -0.4 is 16.0 Å². The van der Waals surface area contributed by atoms with Crippen LogP contribution in [0.2, 0.25) is 0 Å². The molecule has 0 aromatic heterocycles. The van der Waals surface area contributed by atoms with Crippen molar-refractivity contribution in [3.8, 4) is 0 Å². The van der Waals surface area contributed by atoms with Crippen molar-refractivity contribution in [1.29, 1.82) is 0 Å². The van der Waals surface area contributed by atoms with E-state index in [0.717, 1.165) is 5.56 Å². The SMILES string of the molecule is COCCOCC(=O)NCc1cccc(NC(=O)CNC(=O)OC(C)(C)C)c1. The van der Waals surface area contributed by atoms with E-state index >= 15 is 0 Å². The molecule has 0 atom stereocenters. The van der Waals surface area contributed by atoms with Crippen molar-refractivity contribution >= 4 is 23.6 Å². The number of methoxy groups -OCH3 is 1. The van der Waals surface area contributed by atoms with Gasteiger partial charge in [-0.15, -0.1) is 0 Å². The van der Waals surface area contributed by atoms with Gasteiger partial charge >= 0.3 is 6.09 Å². The summed E-state index contributed by atoms with van der Waals surface area (Å²) in [6.45, 7) is 6.03. The number of benzene rings is 1.